The van der Waals surface area contributed by atoms with Crippen molar-refractivity contribution in [2.45, 2.75) is 6.61 Å². The molecular formula is C15H12IN3O2. The summed E-state index contributed by atoms with van der Waals surface area (Å²) < 4.78 is 12.0. The number of ether oxygens (including phenoxy) is 1. The van der Waals surface area contributed by atoms with Crippen molar-refractivity contribution in [3.05, 3.63) is 57.7 Å². The van der Waals surface area contributed by atoms with Crippen LogP contribution in [0.25, 0.3) is 11.5 Å². The smallest absolute Gasteiger partial charge is 0.313 e. The predicted molar refractivity (Wildman–Crippen MR) is 87.6 cm³/mol. The number of anilines is 1. The number of benzene rings is 2. The van der Waals surface area contributed by atoms with Crippen molar-refractivity contribution < 1.29 is 9.15 Å². The van der Waals surface area contributed by atoms with Gasteiger partial charge in [-0.25, -0.2) is 0 Å². The predicted octanol–water partition coefficient (Wildman–Crippen LogP) is 3.50. The number of nitrogens with two attached hydrogens (primary N) is 1. The van der Waals surface area contributed by atoms with Crippen LogP contribution in [0.4, 0.5) is 6.01 Å². The van der Waals surface area contributed by atoms with Crippen LogP contribution in [0.2, 0.25) is 0 Å². The lowest BCUT2D eigenvalue weighted by Gasteiger charge is -2.09. The monoisotopic (exact) mass is 393 g/mol. The van der Waals surface area contributed by atoms with Crippen molar-refractivity contribution in [1.29, 1.82) is 0 Å². The van der Waals surface area contributed by atoms with Crippen molar-refractivity contribution in [2.75, 3.05) is 5.73 Å². The van der Waals surface area contributed by atoms with Crippen molar-refractivity contribution in [1.82, 2.24) is 10.2 Å². The van der Waals surface area contributed by atoms with Gasteiger partial charge >= 0.3 is 6.01 Å². The second-order valence-corrected chi connectivity index (χ2v) is 5.53. The molecule has 0 saturated carbocycles. The van der Waals surface area contributed by atoms with Gasteiger partial charge < -0.3 is 14.9 Å². The number of hydrogen-bond acceptors (Lipinski definition) is 5. The highest BCUT2D eigenvalue weighted by Crippen LogP contribution is 2.28. The molecule has 0 atom stereocenters. The first kappa shape index (κ1) is 13.9. The molecule has 2 aromatic carbocycles. The first-order valence-electron chi connectivity index (χ1n) is 6.28. The fourth-order valence-corrected chi connectivity index (χ4v) is 2.51. The first-order chi connectivity index (χ1) is 10.2. The van der Waals surface area contributed by atoms with Gasteiger partial charge in [0.25, 0.3) is 0 Å². The molecule has 1 aromatic heterocycles. The van der Waals surface area contributed by atoms with E-state index in [1.165, 1.54) is 0 Å². The van der Waals surface area contributed by atoms with Crippen molar-refractivity contribution in [3.8, 4) is 17.2 Å². The summed E-state index contributed by atoms with van der Waals surface area (Å²) in [7, 11) is 0. The minimum Gasteiger partial charge on any atom is -0.488 e. The summed E-state index contributed by atoms with van der Waals surface area (Å²) in [5, 5.41) is 7.51. The maximum Gasteiger partial charge on any atom is 0.313 e. The highest BCUT2D eigenvalue weighted by atomic mass is 127. The Balaban J connectivity index is 1.75. The molecule has 0 saturated heterocycles. The SMILES string of the molecule is Nc1nnc(-c2ccc(OCc3ccccc3)c(I)c2)o1. The number of rotatable bonds is 4. The molecule has 0 bridgehead atoms. The van der Waals surface area contributed by atoms with Crippen LogP contribution in [0.5, 0.6) is 5.75 Å². The number of nitrogens with zero attached hydrogens (tertiary/aromatic N) is 2. The average molecular weight is 393 g/mol. The van der Waals surface area contributed by atoms with Gasteiger partial charge in [-0.3, -0.25) is 0 Å². The van der Waals surface area contributed by atoms with E-state index in [-0.39, 0.29) is 6.01 Å². The van der Waals surface area contributed by atoms with Crippen LogP contribution in [-0.2, 0) is 6.61 Å². The molecule has 3 rings (SSSR count). The second kappa shape index (κ2) is 6.13. The zero-order chi connectivity index (χ0) is 14.7. The fourth-order valence-electron chi connectivity index (χ4n) is 1.84. The Morgan fingerprint density at radius 2 is 1.90 bits per heavy atom. The summed E-state index contributed by atoms with van der Waals surface area (Å²) in [6.07, 6.45) is 0. The van der Waals surface area contributed by atoms with Gasteiger partial charge in [0.1, 0.15) is 12.4 Å². The lowest BCUT2D eigenvalue weighted by atomic mass is 10.2. The Labute approximate surface area is 135 Å². The molecule has 0 unspecified atom stereocenters. The first-order valence-corrected chi connectivity index (χ1v) is 7.36. The van der Waals surface area contributed by atoms with E-state index < -0.39 is 0 Å². The Morgan fingerprint density at radius 3 is 2.57 bits per heavy atom. The van der Waals surface area contributed by atoms with Crippen molar-refractivity contribution in [3.63, 3.8) is 0 Å². The third kappa shape index (κ3) is 3.33. The maximum atomic E-state index is 5.82. The van der Waals surface area contributed by atoms with Crippen LogP contribution in [0.1, 0.15) is 5.56 Å². The molecule has 0 aliphatic heterocycles. The molecule has 1 heterocycles. The van der Waals surface area contributed by atoms with E-state index in [1.54, 1.807) is 0 Å². The zero-order valence-electron chi connectivity index (χ0n) is 11.0. The summed E-state index contributed by atoms with van der Waals surface area (Å²) in [5.41, 5.74) is 7.37. The number of aromatic nitrogens is 2. The van der Waals surface area contributed by atoms with Gasteiger partial charge in [-0.05, 0) is 46.4 Å². The molecule has 0 amide bonds. The Morgan fingerprint density at radius 1 is 1.10 bits per heavy atom. The average Bonchev–Trinajstić information content (AvgIpc) is 2.93. The summed E-state index contributed by atoms with van der Waals surface area (Å²) in [4.78, 5) is 0. The van der Waals surface area contributed by atoms with E-state index in [0.29, 0.717) is 12.5 Å². The lowest BCUT2D eigenvalue weighted by Crippen LogP contribution is -1.96. The van der Waals surface area contributed by atoms with E-state index in [4.69, 9.17) is 14.9 Å². The third-order valence-electron chi connectivity index (χ3n) is 2.86. The Bertz CT molecular complexity index is 744. The molecule has 0 spiro atoms. The normalized spacial score (nSPS) is 10.5. The Hall–Kier alpha value is -2.09. The molecule has 0 radical (unpaired) electrons. The van der Waals surface area contributed by atoms with E-state index in [1.807, 2.05) is 48.5 Å². The number of hydrogen-bond donors (Lipinski definition) is 1. The fraction of sp³-hybridized carbons (Fsp3) is 0.0667. The highest BCUT2D eigenvalue weighted by Gasteiger charge is 2.09. The van der Waals surface area contributed by atoms with E-state index in [2.05, 4.69) is 32.8 Å². The molecule has 3 aromatic rings. The van der Waals surface area contributed by atoms with E-state index in [0.717, 1.165) is 20.4 Å². The summed E-state index contributed by atoms with van der Waals surface area (Å²) >= 11 is 2.22. The topological polar surface area (TPSA) is 74.2 Å². The summed E-state index contributed by atoms with van der Waals surface area (Å²) in [6, 6.07) is 15.8. The molecule has 0 aliphatic rings. The summed E-state index contributed by atoms with van der Waals surface area (Å²) in [5.74, 6) is 1.22. The van der Waals surface area contributed by atoms with E-state index >= 15 is 0 Å². The van der Waals surface area contributed by atoms with Crippen molar-refractivity contribution >= 4 is 28.6 Å². The minimum atomic E-state index is 0.0596. The number of nitrogen functional groups attached to an aromatic ring is 1. The molecule has 106 valence electrons. The largest absolute Gasteiger partial charge is 0.488 e. The van der Waals surface area contributed by atoms with Crippen LogP contribution in [0.15, 0.2) is 52.9 Å². The Kier molecular flexibility index (Phi) is 4.05. The third-order valence-corrected chi connectivity index (χ3v) is 3.70. The van der Waals surface area contributed by atoms with Crippen LogP contribution in [0, 0.1) is 3.57 Å². The van der Waals surface area contributed by atoms with Gasteiger partial charge in [-0.1, -0.05) is 35.4 Å². The van der Waals surface area contributed by atoms with Crippen molar-refractivity contribution in [2.24, 2.45) is 0 Å². The quantitative estimate of drug-likeness (QED) is 0.687. The molecular weight excluding hydrogens is 381 g/mol. The van der Waals surface area contributed by atoms with Gasteiger partial charge in [0.05, 0.1) is 3.57 Å². The molecule has 6 heteroatoms. The zero-order valence-corrected chi connectivity index (χ0v) is 13.1. The van der Waals surface area contributed by atoms with Gasteiger partial charge in [-0.15, -0.1) is 5.10 Å². The minimum absolute atomic E-state index is 0.0596. The molecule has 21 heavy (non-hydrogen) atoms. The standard InChI is InChI=1S/C15H12IN3O2/c16-12-8-11(14-18-19-15(17)21-14)6-7-13(12)20-9-10-4-2-1-3-5-10/h1-8H,9H2,(H2,17,19). The van der Waals surface area contributed by atoms with Crippen LogP contribution < -0.4 is 10.5 Å². The van der Waals surface area contributed by atoms with E-state index in [9.17, 15) is 0 Å². The number of halogens is 1. The second-order valence-electron chi connectivity index (χ2n) is 4.36. The van der Waals surface area contributed by atoms with Gasteiger partial charge in [0, 0.05) is 5.56 Å². The van der Waals surface area contributed by atoms with Crippen LogP contribution in [-0.4, -0.2) is 10.2 Å². The highest BCUT2D eigenvalue weighted by molar-refractivity contribution is 14.1. The van der Waals surface area contributed by atoms with Crippen LogP contribution >= 0.6 is 22.6 Å². The van der Waals surface area contributed by atoms with Gasteiger partial charge in [-0.2, -0.15) is 0 Å². The van der Waals surface area contributed by atoms with Gasteiger partial charge in [0.2, 0.25) is 5.89 Å². The molecule has 2 N–H and O–H groups in total. The maximum absolute atomic E-state index is 5.82. The van der Waals surface area contributed by atoms with Gasteiger partial charge in [0.15, 0.2) is 0 Å². The van der Waals surface area contributed by atoms with Crippen LogP contribution in [0.3, 0.4) is 0 Å². The summed E-state index contributed by atoms with van der Waals surface area (Å²) in [6.45, 7) is 0.531. The molecule has 0 fully saturated rings. The lowest BCUT2D eigenvalue weighted by molar-refractivity contribution is 0.304. The molecule has 0 aliphatic carbocycles. The molecule has 5 nitrogen and oxygen atoms in total.